The van der Waals surface area contributed by atoms with Crippen LogP contribution in [0.15, 0.2) is 4.99 Å². The number of guanidine groups is 1. The van der Waals surface area contributed by atoms with Crippen LogP contribution < -0.4 is 11.5 Å². The van der Waals surface area contributed by atoms with Crippen molar-refractivity contribution in [2.45, 2.75) is 32.2 Å². The summed E-state index contributed by atoms with van der Waals surface area (Å²) in [4.78, 5) is 14.1. The molecule has 0 aliphatic heterocycles. The molecule has 0 aromatic carbocycles. The molecule has 0 amide bonds. The molecular formula is C7H15N3O2. The van der Waals surface area contributed by atoms with Crippen molar-refractivity contribution >= 4 is 11.9 Å². The summed E-state index contributed by atoms with van der Waals surface area (Å²) in [5.74, 6) is -0.848. The van der Waals surface area contributed by atoms with Crippen LogP contribution in [-0.2, 0) is 4.79 Å². The summed E-state index contributed by atoms with van der Waals surface area (Å²) in [5.41, 5.74) is 9.84. The molecule has 0 heterocycles. The lowest BCUT2D eigenvalue weighted by molar-refractivity contribution is -0.137. The smallest absolute Gasteiger partial charge is 0.303 e. The maximum atomic E-state index is 10.2. The van der Waals surface area contributed by atoms with Gasteiger partial charge in [0.05, 0.1) is 5.54 Å². The standard InChI is InChI=1S/C7H15N3O2/c1-7(2,10-6(8)9)4-3-5(11)12/h3-4H2,1-2H3,(H,11,12)(H4,8,9,10). The number of carboxylic acid groups (broad SMARTS) is 1. The summed E-state index contributed by atoms with van der Waals surface area (Å²) in [5, 5.41) is 8.40. The summed E-state index contributed by atoms with van der Waals surface area (Å²) >= 11 is 0. The Bertz CT molecular complexity index is 195. The molecule has 0 aliphatic carbocycles. The largest absolute Gasteiger partial charge is 0.481 e. The highest BCUT2D eigenvalue weighted by molar-refractivity contribution is 5.76. The van der Waals surface area contributed by atoms with Crippen LogP contribution in [0.5, 0.6) is 0 Å². The van der Waals surface area contributed by atoms with Crippen molar-refractivity contribution in [3.63, 3.8) is 0 Å². The number of carbonyl (C=O) groups is 1. The highest BCUT2D eigenvalue weighted by Gasteiger charge is 2.17. The van der Waals surface area contributed by atoms with Crippen LogP contribution in [0.4, 0.5) is 0 Å². The highest BCUT2D eigenvalue weighted by atomic mass is 16.4. The van der Waals surface area contributed by atoms with Gasteiger partial charge >= 0.3 is 5.97 Å². The third-order valence-electron chi connectivity index (χ3n) is 1.38. The van der Waals surface area contributed by atoms with Crippen molar-refractivity contribution < 1.29 is 9.90 Å². The van der Waals surface area contributed by atoms with Gasteiger partial charge in [-0.05, 0) is 20.3 Å². The minimum absolute atomic E-state index is 0.00890. The van der Waals surface area contributed by atoms with Gasteiger partial charge in [-0.25, -0.2) is 4.99 Å². The van der Waals surface area contributed by atoms with E-state index in [-0.39, 0.29) is 12.4 Å². The summed E-state index contributed by atoms with van der Waals surface area (Å²) in [7, 11) is 0. The number of aliphatic imine (C=N–C) groups is 1. The molecule has 0 bridgehead atoms. The fourth-order valence-electron chi connectivity index (χ4n) is 0.818. The molecule has 5 heteroatoms. The second kappa shape index (κ2) is 3.94. The molecule has 0 aromatic heterocycles. The van der Waals surface area contributed by atoms with E-state index in [1.807, 2.05) is 0 Å². The van der Waals surface area contributed by atoms with Crippen LogP contribution in [0.25, 0.3) is 0 Å². The van der Waals surface area contributed by atoms with Crippen molar-refractivity contribution in [3.05, 3.63) is 0 Å². The van der Waals surface area contributed by atoms with Crippen LogP contribution in [0, 0.1) is 0 Å². The maximum Gasteiger partial charge on any atom is 0.303 e. The molecule has 0 unspecified atom stereocenters. The van der Waals surface area contributed by atoms with Gasteiger partial charge in [0.15, 0.2) is 5.96 Å². The molecule has 0 spiro atoms. The van der Waals surface area contributed by atoms with E-state index in [4.69, 9.17) is 16.6 Å². The lowest BCUT2D eigenvalue weighted by atomic mass is 10.00. The van der Waals surface area contributed by atoms with Crippen LogP contribution in [0.2, 0.25) is 0 Å². The lowest BCUT2D eigenvalue weighted by Gasteiger charge is -2.18. The van der Waals surface area contributed by atoms with Gasteiger partial charge < -0.3 is 16.6 Å². The lowest BCUT2D eigenvalue weighted by Crippen LogP contribution is -2.29. The molecule has 12 heavy (non-hydrogen) atoms. The van der Waals surface area contributed by atoms with Crippen LogP contribution in [0.3, 0.4) is 0 Å². The third-order valence-corrected chi connectivity index (χ3v) is 1.38. The van der Waals surface area contributed by atoms with Crippen molar-refractivity contribution in [1.82, 2.24) is 0 Å². The van der Waals surface area contributed by atoms with Crippen LogP contribution in [-0.4, -0.2) is 22.6 Å². The summed E-state index contributed by atoms with van der Waals surface area (Å²) in [6.07, 6.45) is 0.504. The topological polar surface area (TPSA) is 102 Å². The van der Waals surface area contributed by atoms with Crippen molar-refractivity contribution in [2.24, 2.45) is 16.5 Å². The first-order valence-corrected chi connectivity index (χ1v) is 3.66. The first kappa shape index (κ1) is 10.7. The normalized spacial score (nSPS) is 10.8. The van der Waals surface area contributed by atoms with E-state index >= 15 is 0 Å². The van der Waals surface area contributed by atoms with E-state index in [1.165, 1.54) is 0 Å². The van der Waals surface area contributed by atoms with E-state index in [1.54, 1.807) is 13.8 Å². The zero-order valence-electron chi connectivity index (χ0n) is 7.37. The van der Waals surface area contributed by atoms with E-state index < -0.39 is 11.5 Å². The Balaban J connectivity index is 4.05. The molecule has 0 aliphatic rings. The molecule has 70 valence electrons. The monoisotopic (exact) mass is 173 g/mol. The minimum atomic E-state index is -0.839. The van der Waals surface area contributed by atoms with Gasteiger partial charge in [-0.1, -0.05) is 0 Å². The van der Waals surface area contributed by atoms with Gasteiger partial charge in [-0.3, -0.25) is 4.79 Å². The van der Waals surface area contributed by atoms with Gasteiger partial charge in [-0.15, -0.1) is 0 Å². The summed E-state index contributed by atoms with van der Waals surface area (Å²) < 4.78 is 0. The van der Waals surface area contributed by atoms with Gasteiger partial charge in [-0.2, -0.15) is 0 Å². The predicted octanol–water partition coefficient (Wildman–Crippen LogP) is -0.0968. The number of nitrogens with two attached hydrogens (primary N) is 2. The third kappa shape index (κ3) is 5.52. The zero-order valence-corrected chi connectivity index (χ0v) is 7.37. The molecule has 5 nitrogen and oxygen atoms in total. The van der Waals surface area contributed by atoms with E-state index in [0.717, 1.165) is 0 Å². The molecule has 0 saturated carbocycles. The Hall–Kier alpha value is -1.26. The molecule has 0 aromatic rings. The molecular weight excluding hydrogens is 158 g/mol. The van der Waals surface area contributed by atoms with Crippen LogP contribution in [0.1, 0.15) is 26.7 Å². The summed E-state index contributed by atoms with van der Waals surface area (Å²) in [6, 6.07) is 0. The number of nitrogens with zero attached hydrogens (tertiary/aromatic N) is 1. The molecule has 0 atom stereocenters. The maximum absolute atomic E-state index is 10.2. The van der Waals surface area contributed by atoms with Crippen molar-refractivity contribution in [3.8, 4) is 0 Å². The van der Waals surface area contributed by atoms with Gasteiger partial charge in [0.25, 0.3) is 0 Å². The molecule has 0 radical (unpaired) electrons. The summed E-state index contributed by atoms with van der Waals surface area (Å²) in [6.45, 7) is 3.57. The Morgan fingerprint density at radius 2 is 2.00 bits per heavy atom. The Labute approximate surface area is 71.5 Å². The van der Waals surface area contributed by atoms with E-state index in [2.05, 4.69) is 4.99 Å². The molecule has 5 N–H and O–H groups in total. The van der Waals surface area contributed by atoms with Gasteiger partial charge in [0.1, 0.15) is 0 Å². The van der Waals surface area contributed by atoms with Gasteiger partial charge in [0.2, 0.25) is 0 Å². The van der Waals surface area contributed by atoms with Crippen molar-refractivity contribution in [2.75, 3.05) is 0 Å². The number of carboxylic acids is 1. The SMILES string of the molecule is CC(C)(CCC(=O)O)N=C(N)N. The van der Waals surface area contributed by atoms with Gasteiger partial charge in [0, 0.05) is 6.42 Å². The molecule has 0 rings (SSSR count). The number of hydrogen-bond acceptors (Lipinski definition) is 2. The Kier molecular flexibility index (Phi) is 3.53. The first-order valence-electron chi connectivity index (χ1n) is 3.66. The molecule has 0 saturated heterocycles. The van der Waals surface area contributed by atoms with Crippen molar-refractivity contribution in [1.29, 1.82) is 0 Å². The Morgan fingerprint density at radius 1 is 1.50 bits per heavy atom. The number of hydrogen-bond donors (Lipinski definition) is 3. The second-order valence-corrected chi connectivity index (χ2v) is 3.24. The fraction of sp³-hybridized carbons (Fsp3) is 0.714. The molecule has 0 fully saturated rings. The quantitative estimate of drug-likeness (QED) is 0.408. The predicted molar refractivity (Wildman–Crippen MR) is 46.8 cm³/mol. The number of rotatable bonds is 4. The Morgan fingerprint density at radius 3 is 2.33 bits per heavy atom. The highest BCUT2D eigenvalue weighted by Crippen LogP contribution is 2.15. The van der Waals surface area contributed by atoms with E-state index in [0.29, 0.717) is 6.42 Å². The number of aliphatic carboxylic acids is 1. The first-order chi connectivity index (χ1) is 5.33. The fourth-order valence-corrected chi connectivity index (χ4v) is 0.818. The average Bonchev–Trinajstić information content (AvgIpc) is 1.81. The van der Waals surface area contributed by atoms with E-state index in [9.17, 15) is 4.79 Å². The average molecular weight is 173 g/mol. The minimum Gasteiger partial charge on any atom is -0.481 e. The zero-order chi connectivity index (χ0) is 9.78. The van der Waals surface area contributed by atoms with Crippen LogP contribution >= 0.6 is 0 Å². The second-order valence-electron chi connectivity index (χ2n) is 3.24.